The molecule has 0 spiro atoms. The van der Waals surface area contributed by atoms with Crippen LogP contribution in [-0.2, 0) is 21.1 Å². The Morgan fingerprint density at radius 2 is 2.11 bits per heavy atom. The molecule has 0 unspecified atom stereocenters. The Kier molecular flexibility index (Phi) is 4.19. The van der Waals surface area contributed by atoms with Crippen LogP contribution in [0.4, 0.5) is 0 Å². The van der Waals surface area contributed by atoms with Gasteiger partial charge in [-0.25, -0.2) is 4.18 Å². The van der Waals surface area contributed by atoms with Crippen LogP contribution >= 0.6 is 11.3 Å². The Morgan fingerprint density at radius 3 is 2.79 bits per heavy atom. The predicted octanol–water partition coefficient (Wildman–Crippen LogP) is 2.10. The second kappa shape index (κ2) is 5.54. The van der Waals surface area contributed by atoms with Gasteiger partial charge in [0, 0.05) is 19.4 Å². The summed E-state index contributed by atoms with van der Waals surface area (Å²) in [4.78, 5) is 0. The number of aromatic nitrogens is 1. The number of rotatable bonds is 5. The van der Waals surface area contributed by atoms with Gasteiger partial charge >= 0.3 is 10.4 Å². The number of hydrogen-bond donors (Lipinski definition) is 1. The smallest absolute Gasteiger partial charge is 0.264 e. The Hall–Kier alpha value is -1.02. The van der Waals surface area contributed by atoms with E-state index in [0.717, 1.165) is 10.5 Å². The van der Waals surface area contributed by atoms with E-state index in [0.29, 0.717) is 13.0 Å². The second-order valence-corrected chi connectivity index (χ2v) is 6.65. The minimum Gasteiger partial charge on any atom is -0.264 e. The maximum absolute atomic E-state index is 10.6. The molecule has 1 aromatic heterocycles. The molecule has 0 amide bonds. The summed E-state index contributed by atoms with van der Waals surface area (Å²) >= 11 is 1.70. The van der Waals surface area contributed by atoms with Gasteiger partial charge in [-0.1, -0.05) is 23.5 Å². The van der Waals surface area contributed by atoms with E-state index in [9.17, 15) is 8.42 Å². The maximum Gasteiger partial charge on any atom is 0.397 e. The van der Waals surface area contributed by atoms with Crippen LogP contribution in [0.2, 0.25) is 0 Å². The van der Waals surface area contributed by atoms with E-state index in [1.165, 1.54) is 4.70 Å². The van der Waals surface area contributed by atoms with Crippen molar-refractivity contribution in [2.75, 3.05) is 0 Å². The van der Waals surface area contributed by atoms with Gasteiger partial charge in [0.2, 0.25) is 10.5 Å². The molecule has 5 nitrogen and oxygen atoms in total. The molecule has 0 aliphatic carbocycles. The lowest BCUT2D eigenvalue weighted by molar-refractivity contribution is -0.674. The first kappa shape index (κ1) is 14.4. The van der Waals surface area contributed by atoms with Crippen LogP contribution < -0.4 is 4.57 Å². The number of nitrogens with zero attached hydrogens (tertiary/aromatic N) is 1. The van der Waals surface area contributed by atoms with Crippen LogP contribution in [0.1, 0.15) is 18.4 Å². The number of thiazole rings is 1. The molecule has 1 N–H and O–H groups in total. The second-order valence-electron chi connectivity index (χ2n) is 4.36. The van der Waals surface area contributed by atoms with Crippen LogP contribution in [0.15, 0.2) is 24.3 Å². The minimum absolute atomic E-state index is 0.506. The first-order valence-electron chi connectivity index (χ1n) is 5.90. The van der Waals surface area contributed by atoms with Crippen molar-refractivity contribution in [3.8, 4) is 0 Å². The average Bonchev–Trinajstić information content (AvgIpc) is 2.60. The van der Waals surface area contributed by atoms with E-state index in [2.05, 4.69) is 14.8 Å². The van der Waals surface area contributed by atoms with Gasteiger partial charge in [0.15, 0.2) is 6.54 Å². The molecule has 0 aliphatic heterocycles. The lowest BCUT2D eigenvalue weighted by Crippen LogP contribution is -2.36. The van der Waals surface area contributed by atoms with Gasteiger partial charge in [0.1, 0.15) is 4.70 Å². The number of hydrogen-bond acceptors (Lipinski definition) is 4. The summed E-state index contributed by atoms with van der Waals surface area (Å²) in [6.07, 6.45) is -0.0491. The predicted molar refractivity (Wildman–Crippen MR) is 73.5 cm³/mol. The van der Waals surface area contributed by atoms with E-state index in [-0.39, 0.29) is 0 Å². The summed E-state index contributed by atoms with van der Waals surface area (Å²) < 4.78 is 37.7. The zero-order chi connectivity index (χ0) is 14.0. The molecule has 104 valence electrons. The van der Waals surface area contributed by atoms with Crippen molar-refractivity contribution >= 4 is 32.0 Å². The summed E-state index contributed by atoms with van der Waals surface area (Å²) in [5.41, 5.74) is 1.13. The van der Waals surface area contributed by atoms with Gasteiger partial charge in [-0.05, 0) is 13.0 Å². The molecule has 0 radical (unpaired) electrons. The molecule has 0 fully saturated rings. The van der Waals surface area contributed by atoms with Crippen molar-refractivity contribution in [2.24, 2.45) is 0 Å². The molecule has 0 aliphatic rings. The van der Waals surface area contributed by atoms with Crippen molar-refractivity contribution in [1.29, 1.82) is 0 Å². The van der Waals surface area contributed by atoms with Crippen molar-refractivity contribution in [2.45, 2.75) is 32.9 Å². The third kappa shape index (κ3) is 3.73. The summed E-state index contributed by atoms with van der Waals surface area (Å²) in [5.74, 6) is 0. The Bertz CT molecular complexity index is 678. The maximum atomic E-state index is 10.6. The third-order valence-electron chi connectivity index (χ3n) is 2.84. The molecular formula is C12H16NO4S2+. The zero-order valence-corrected chi connectivity index (χ0v) is 12.4. The van der Waals surface area contributed by atoms with Crippen molar-refractivity contribution < 1.29 is 21.7 Å². The van der Waals surface area contributed by atoms with Gasteiger partial charge in [0.05, 0.1) is 6.10 Å². The minimum atomic E-state index is -4.37. The van der Waals surface area contributed by atoms with E-state index in [1.807, 2.05) is 25.1 Å². The molecule has 1 heterocycles. The summed E-state index contributed by atoms with van der Waals surface area (Å²) in [5, 5.41) is 1.15. The molecule has 0 saturated carbocycles. The fraction of sp³-hybridized carbons (Fsp3) is 0.417. The normalized spacial score (nSPS) is 13.8. The van der Waals surface area contributed by atoms with E-state index < -0.39 is 16.5 Å². The van der Waals surface area contributed by atoms with Gasteiger partial charge in [-0.2, -0.15) is 13.0 Å². The first-order valence-corrected chi connectivity index (χ1v) is 8.08. The SMILES string of the molecule is Cc1sc2ccccc2[n+]1CC[C@@H](C)OS(=O)(=O)O. The summed E-state index contributed by atoms with van der Waals surface area (Å²) in [6.45, 7) is 4.30. The fourth-order valence-corrected chi connectivity index (χ4v) is 3.55. The summed E-state index contributed by atoms with van der Waals surface area (Å²) in [6, 6.07) is 8.06. The van der Waals surface area contributed by atoms with Gasteiger partial charge in [-0.15, -0.1) is 0 Å². The number of benzene rings is 1. The van der Waals surface area contributed by atoms with Gasteiger partial charge in [-0.3, -0.25) is 4.55 Å². The Labute approximate surface area is 116 Å². The van der Waals surface area contributed by atoms with Crippen LogP contribution in [0.5, 0.6) is 0 Å². The lowest BCUT2D eigenvalue weighted by Gasteiger charge is -2.07. The van der Waals surface area contributed by atoms with Crippen molar-refractivity contribution in [3.05, 3.63) is 29.3 Å². The number of para-hydroxylation sites is 1. The molecule has 2 aromatic rings. The molecule has 2 rings (SSSR count). The molecule has 0 saturated heterocycles. The zero-order valence-electron chi connectivity index (χ0n) is 10.7. The van der Waals surface area contributed by atoms with Crippen LogP contribution in [0, 0.1) is 6.92 Å². The van der Waals surface area contributed by atoms with Crippen molar-refractivity contribution in [3.63, 3.8) is 0 Å². The van der Waals surface area contributed by atoms with Crippen LogP contribution in [0.3, 0.4) is 0 Å². The molecule has 1 atom stereocenters. The molecule has 7 heteroatoms. The topological polar surface area (TPSA) is 67.5 Å². The molecule has 1 aromatic carbocycles. The highest BCUT2D eigenvalue weighted by atomic mass is 32.3. The largest absolute Gasteiger partial charge is 0.397 e. The number of aryl methyl sites for hydroxylation is 2. The highest BCUT2D eigenvalue weighted by Crippen LogP contribution is 2.19. The average molecular weight is 302 g/mol. The number of fused-ring (bicyclic) bond motifs is 1. The lowest BCUT2D eigenvalue weighted by atomic mass is 10.2. The fourth-order valence-electron chi connectivity index (χ4n) is 1.99. The Balaban J connectivity index is 2.12. The molecule has 0 bridgehead atoms. The highest BCUT2D eigenvalue weighted by molar-refractivity contribution is 7.80. The van der Waals surface area contributed by atoms with E-state index >= 15 is 0 Å². The monoisotopic (exact) mass is 302 g/mol. The van der Waals surface area contributed by atoms with Crippen molar-refractivity contribution in [1.82, 2.24) is 0 Å². The van der Waals surface area contributed by atoms with E-state index in [1.54, 1.807) is 18.3 Å². The summed E-state index contributed by atoms with van der Waals surface area (Å²) in [7, 11) is -4.37. The van der Waals surface area contributed by atoms with Gasteiger partial charge in [0.25, 0.3) is 0 Å². The quantitative estimate of drug-likeness (QED) is 0.678. The molecule has 19 heavy (non-hydrogen) atoms. The highest BCUT2D eigenvalue weighted by Gasteiger charge is 2.19. The van der Waals surface area contributed by atoms with E-state index in [4.69, 9.17) is 4.55 Å². The third-order valence-corrected chi connectivity index (χ3v) is 4.49. The Morgan fingerprint density at radius 1 is 1.42 bits per heavy atom. The standard InChI is InChI=1S/C12H15NO4S2/c1-9(17-19(14,15)16)7-8-13-10(2)18-12-6-4-3-5-11(12)13/h3-6,9H,7-8H2,1-2H3/p+1/t9-/m1/s1. The van der Waals surface area contributed by atoms with Gasteiger partial charge < -0.3 is 0 Å². The van der Waals surface area contributed by atoms with Crippen LogP contribution in [-0.4, -0.2) is 19.1 Å². The first-order chi connectivity index (χ1) is 8.87. The molecular weight excluding hydrogens is 286 g/mol. The van der Waals surface area contributed by atoms with Crippen LogP contribution in [0.25, 0.3) is 10.2 Å².